The average Bonchev–Trinajstić information content (AvgIpc) is 2.42. The maximum Gasteiger partial charge on any atom is -0.0163 e. The molecule has 0 spiro atoms. The van der Waals surface area contributed by atoms with Gasteiger partial charge < -0.3 is 0 Å². The molecule has 0 heterocycles. The Balaban J connectivity index is 2.64. The average molecular weight is 298 g/mol. The van der Waals surface area contributed by atoms with Crippen LogP contribution in [0.2, 0.25) is 0 Å². The van der Waals surface area contributed by atoms with Crippen molar-refractivity contribution < 1.29 is 0 Å². The second-order valence-corrected chi connectivity index (χ2v) is 7.65. The van der Waals surface area contributed by atoms with Crippen LogP contribution in [0.1, 0.15) is 44.5 Å². The Morgan fingerprint density at radius 2 is 0.714 bits per heavy atom. The van der Waals surface area contributed by atoms with Crippen molar-refractivity contribution in [1.82, 2.24) is 0 Å². The lowest BCUT2D eigenvalue weighted by molar-refractivity contribution is 1.26. The Labute approximate surface area is 131 Å². The third-order valence-electron chi connectivity index (χ3n) is 4.98. The molecule has 0 aliphatic rings. The highest BCUT2D eigenvalue weighted by molar-refractivity contribution is 7.56. The summed E-state index contributed by atoms with van der Waals surface area (Å²) < 4.78 is 0. The zero-order chi connectivity index (χ0) is 15.9. The van der Waals surface area contributed by atoms with E-state index in [0.29, 0.717) is 0 Å². The van der Waals surface area contributed by atoms with Crippen LogP contribution in [0, 0.1) is 55.4 Å². The van der Waals surface area contributed by atoms with Crippen molar-refractivity contribution in [2.24, 2.45) is 0 Å². The molecular weight excluding hydrogens is 271 g/mol. The number of benzene rings is 2. The van der Waals surface area contributed by atoms with E-state index < -0.39 is 0 Å². The van der Waals surface area contributed by atoms with Crippen LogP contribution in [0.5, 0.6) is 0 Å². The van der Waals surface area contributed by atoms with E-state index in [4.69, 9.17) is 0 Å². The van der Waals surface area contributed by atoms with E-state index in [9.17, 15) is 0 Å². The summed E-state index contributed by atoms with van der Waals surface area (Å²) >= 11 is 0. The number of hydrogen-bond acceptors (Lipinski definition) is 0. The summed E-state index contributed by atoms with van der Waals surface area (Å²) in [7, 11) is 0.758. The molecule has 2 rings (SSSR count). The van der Waals surface area contributed by atoms with Gasteiger partial charge in [0.25, 0.3) is 0 Å². The molecule has 0 bridgehead atoms. The summed E-state index contributed by atoms with van der Waals surface area (Å²) in [5.41, 5.74) is 11.5. The summed E-state index contributed by atoms with van der Waals surface area (Å²) in [6, 6.07) is 4.64. The molecule has 112 valence electrons. The molecule has 0 aliphatic heterocycles. The fraction of sp³-hybridized carbons (Fsp3) is 0.400. The number of rotatable bonds is 2. The quantitative estimate of drug-likeness (QED) is 0.700. The van der Waals surface area contributed by atoms with Crippen LogP contribution in [0.4, 0.5) is 0 Å². The second kappa shape index (κ2) is 5.93. The molecule has 0 aromatic heterocycles. The molecule has 0 N–H and O–H groups in total. The summed E-state index contributed by atoms with van der Waals surface area (Å²) in [4.78, 5) is 0. The molecule has 0 unspecified atom stereocenters. The smallest absolute Gasteiger partial charge is 0.0163 e. The molecule has 0 nitrogen and oxygen atoms in total. The lowest BCUT2D eigenvalue weighted by atomic mass is 10.0. The van der Waals surface area contributed by atoms with Crippen LogP contribution in [0.3, 0.4) is 0 Å². The fourth-order valence-corrected chi connectivity index (χ4v) is 4.72. The van der Waals surface area contributed by atoms with Crippen molar-refractivity contribution in [2.45, 2.75) is 55.4 Å². The first-order valence-corrected chi connectivity index (χ1v) is 8.65. The maximum atomic E-state index is 2.32. The molecule has 21 heavy (non-hydrogen) atoms. The maximum absolute atomic E-state index is 2.32. The lowest BCUT2D eigenvalue weighted by Crippen LogP contribution is -2.18. The van der Waals surface area contributed by atoms with E-state index in [-0.39, 0.29) is 0 Å². The van der Waals surface area contributed by atoms with Crippen LogP contribution in [-0.4, -0.2) is 0 Å². The van der Waals surface area contributed by atoms with Gasteiger partial charge in [0.05, 0.1) is 0 Å². The molecule has 2 aromatic rings. The van der Waals surface area contributed by atoms with Crippen molar-refractivity contribution in [3.8, 4) is 0 Å². The Bertz CT molecular complexity index is 595. The van der Waals surface area contributed by atoms with Crippen LogP contribution in [0.25, 0.3) is 0 Å². The number of hydrogen-bond donors (Lipinski definition) is 0. The summed E-state index contributed by atoms with van der Waals surface area (Å²) in [5.74, 6) is 0. The highest BCUT2D eigenvalue weighted by Crippen LogP contribution is 2.26. The van der Waals surface area contributed by atoms with Crippen molar-refractivity contribution in [1.29, 1.82) is 0 Å². The molecule has 0 radical (unpaired) electrons. The Morgan fingerprint density at radius 3 is 0.952 bits per heavy atom. The fourth-order valence-electron chi connectivity index (χ4n) is 2.93. The molecule has 2 aromatic carbocycles. The first kappa shape index (κ1) is 16.2. The Kier molecular flexibility index (Phi) is 4.59. The minimum absolute atomic E-state index is 0.758. The van der Waals surface area contributed by atoms with Gasteiger partial charge in [-0.1, -0.05) is 20.7 Å². The molecule has 1 heteroatoms. The van der Waals surface area contributed by atoms with Gasteiger partial charge in [-0.3, -0.25) is 0 Å². The van der Waals surface area contributed by atoms with Gasteiger partial charge in [-0.05, 0) is 111 Å². The summed E-state index contributed by atoms with van der Waals surface area (Å²) in [6.45, 7) is 18.0. The summed E-state index contributed by atoms with van der Waals surface area (Å²) in [6.07, 6.45) is 0. The SMILES string of the molecule is Cc1cc(C)c(C)c(Pc2c(C)c(C)cc(C)c2C)c1C. The van der Waals surface area contributed by atoms with Crippen molar-refractivity contribution in [2.75, 3.05) is 0 Å². The summed E-state index contributed by atoms with van der Waals surface area (Å²) in [5, 5.41) is 3.09. The van der Waals surface area contributed by atoms with Gasteiger partial charge in [0.15, 0.2) is 0 Å². The van der Waals surface area contributed by atoms with Crippen LogP contribution in [-0.2, 0) is 0 Å². The largest absolute Gasteiger partial charge is 0.0579 e. The molecule has 0 atom stereocenters. The van der Waals surface area contributed by atoms with Gasteiger partial charge in [-0.15, -0.1) is 0 Å². The van der Waals surface area contributed by atoms with Crippen LogP contribution in [0.15, 0.2) is 12.1 Å². The van der Waals surface area contributed by atoms with E-state index in [1.165, 1.54) is 44.5 Å². The third-order valence-corrected chi connectivity index (χ3v) is 6.98. The highest BCUT2D eigenvalue weighted by Gasteiger charge is 2.14. The zero-order valence-electron chi connectivity index (χ0n) is 14.7. The van der Waals surface area contributed by atoms with E-state index in [0.717, 1.165) is 8.58 Å². The van der Waals surface area contributed by atoms with Crippen LogP contribution >= 0.6 is 8.58 Å². The standard InChI is InChI=1S/C20H27P/c1-11-9-12(2)16(6)19(15(11)5)21-20-17(7)13(3)10-14(4)18(20)8/h9-10,21H,1-8H3. The van der Waals surface area contributed by atoms with E-state index >= 15 is 0 Å². The van der Waals surface area contributed by atoms with Gasteiger partial charge in [-0.2, -0.15) is 0 Å². The normalized spacial score (nSPS) is 11.0. The predicted molar refractivity (Wildman–Crippen MR) is 98.4 cm³/mol. The minimum atomic E-state index is 0.758. The monoisotopic (exact) mass is 298 g/mol. The number of aryl methyl sites for hydroxylation is 4. The molecule has 0 amide bonds. The minimum Gasteiger partial charge on any atom is -0.0579 e. The van der Waals surface area contributed by atoms with Crippen LogP contribution < -0.4 is 10.6 Å². The van der Waals surface area contributed by atoms with Crippen molar-refractivity contribution >= 4 is 19.2 Å². The molecule has 0 saturated heterocycles. The zero-order valence-corrected chi connectivity index (χ0v) is 15.7. The molecule has 0 saturated carbocycles. The first-order valence-electron chi connectivity index (χ1n) is 7.65. The van der Waals surface area contributed by atoms with Gasteiger partial charge in [-0.25, -0.2) is 0 Å². The van der Waals surface area contributed by atoms with E-state index in [1.807, 2.05) is 0 Å². The van der Waals surface area contributed by atoms with E-state index in [1.54, 1.807) is 10.6 Å². The molecule has 0 fully saturated rings. The molecule has 0 aliphatic carbocycles. The van der Waals surface area contributed by atoms with Crippen molar-refractivity contribution in [3.05, 3.63) is 56.6 Å². The van der Waals surface area contributed by atoms with Gasteiger partial charge >= 0.3 is 0 Å². The predicted octanol–water partition coefficient (Wildman–Crippen LogP) is 4.78. The first-order chi connectivity index (χ1) is 9.73. The molecular formula is C20H27P. The van der Waals surface area contributed by atoms with Gasteiger partial charge in [0.1, 0.15) is 0 Å². The third kappa shape index (κ3) is 2.92. The van der Waals surface area contributed by atoms with Gasteiger partial charge in [0, 0.05) is 0 Å². The van der Waals surface area contributed by atoms with E-state index in [2.05, 4.69) is 67.5 Å². The second-order valence-electron chi connectivity index (χ2n) is 6.40. The van der Waals surface area contributed by atoms with Gasteiger partial charge in [0.2, 0.25) is 0 Å². The highest BCUT2D eigenvalue weighted by atomic mass is 31.1. The Hall–Kier alpha value is -1.13. The topological polar surface area (TPSA) is 0 Å². The lowest BCUT2D eigenvalue weighted by Gasteiger charge is -2.20. The van der Waals surface area contributed by atoms with Crippen molar-refractivity contribution in [3.63, 3.8) is 0 Å². The Morgan fingerprint density at radius 1 is 0.476 bits per heavy atom.